The molecule has 1 unspecified atom stereocenters. The molecule has 98 valence electrons. The zero-order valence-electron chi connectivity index (χ0n) is 10.4. The third-order valence-electron chi connectivity index (χ3n) is 3.01. The summed E-state index contributed by atoms with van der Waals surface area (Å²) in [5.74, 6) is -0.242. The van der Waals surface area contributed by atoms with Gasteiger partial charge in [-0.05, 0) is 36.2 Å². The summed E-state index contributed by atoms with van der Waals surface area (Å²) in [6, 6.07) is 8.75. The van der Waals surface area contributed by atoms with E-state index in [4.69, 9.17) is 23.2 Å². The average Bonchev–Trinajstić information content (AvgIpc) is 2.42. The molecule has 0 saturated carbocycles. The molecule has 1 aromatic carbocycles. The maximum Gasteiger partial charge on any atom is 0.171 e. The summed E-state index contributed by atoms with van der Waals surface area (Å²) in [6.07, 6.45) is 3.90. The Labute approximate surface area is 122 Å². The van der Waals surface area contributed by atoms with Crippen LogP contribution in [0.4, 0.5) is 0 Å². The van der Waals surface area contributed by atoms with E-state index < -0.39 is 0 Å². The van der Waals surface area contributed by atoms with Gasteiger partial charge in [0.2, 0.25) is 0 Å². The Morgan fingerprint density at radius 1 is 1.32 bits per heavy atom. The van der Waals surface area contributed by atoms with Gasteiger partial charge in [-0.2, -0.15) is 0 Å². The first-order chi connectivity index (χ1) is 9.13. The molecule has 19 heavy (non-hydrogen) atoms. The number of ketones is 1. The van der Waals surface area contributed by atoms with Crippen molar-refractivity contribution in [1.82, 2.24) is 4.98 Å². The van der Waals surface area contributed by atoms with Crippen LogP contribution in [0.15, 0.2) is 42.7 Å². The molecule has 4 heteroatoms. The molecule has 0 radical (unpaired) electrons. The lowest BCUT2D eigenvalue weighted by Gasteiger charge is -2.15. The highest BCUT2D eigenvalue weighted by Gasteiger charge is 2.22. The molecule has 0 fully saturated rings. The van der Waals surface area contributed by atoms with Crippen LogP contribution in [0.25, 0.3) is 0 Å². The Hall–Kier alpha value is -1.38. The van der Waals surface area contributed by atoms with Gasteiger partial charge < -0.3 is 0 Å². The largest absolute Gasteiger partial charge is 0.293 e. The van der Waals surface area contributed by atoms with Gasteiger partial charge in [-0.1, -0.05) is 36.2 Å². The first kappa shape index (κ1) is 14.0. The van der Waals surface area contributed by atoms with E-state index in [1.165, 1.54) is 0 Å². The van der Waals surface area contributed by atoms with Crippen LogP contribution in [0.3, 0.4) is 0 Å². The first-order valence-corrected chi connectivity index (χ1v) is 6.78. The standard InChI is InChI=1S/C15H13Cl2NO/c1-2-12(13-6-5-11(16)8-14(13)17)15(19)10-4-3-7-18-9-10/h3-9,12H,2H2,1H3. The number of carbonyl (C=O) groups excluding carboxylic acids is 1. The van der Waals surface area contributed by atoms with E-state index in [-0.39, 0.29) is 11.7 Å². The lowest BCUT2D eigenvalue weighted by molar-refractivity contribution is 0.0957. The highest BCUT2D eigenvalue weighted by molar-refractivity contribution is 6.35. The molecule has 0 aliphatic heterocycles. The summed E-state index contributed by atoms with van der Waals surface area (Å²) in [7, 11) is 0. The minimum absolute atomic E-state index is 0.0276. The first-order valence-electron chi connectivity index (χ1n) is 6.02. The monoisotopic (exact) mass is 293 g/mol. The fraction of sp³-hybridized carbons (Fsp3) is 0.200. The number of hydrogen-bond acceptors (Lipinski definition) is 2. The van der Waals surface area contributed by atoms with E-state index >= 15 is 0 Å². The van der Waals surface area contributed by atoms with Crippen LogP contribution in [-0.2, 0) is 0 Å². The van der Waals surface area contributed by atoms with Crippen LogP contribution in [0, 0.1) is 0 Å². The molecule has 0 bridgehead atoms. The third-order valence-corrected chi connectivity index (χ3v) is 3.57. The van der Waals surface area contributed by atoms with Gasteiger partial charge in [-0.15, -0.1) is 0 Å². The van der Waals surface area contributed by atoms with Gasteiger partial charge in [-0.25, -0.2) is 0 Å². The summed E-state index contributed by atoms with van der Waals surface area (Å²) < 4.78 is 0. The fourth-order valence-electron chi connectivity index (χ4n) is 2.04. The minimum Gasteiger partial charge on any atom is -0.293 e. The van der Waals surface area contributed by atoms with Gasteiger partial charge >= 0.3 is 0 Å². The summed E-state index contributed by atoms with van der Waals surface area (Å²) in [5.41, 5.74) is 1.41. The zero-order chi connectivity index (χ0) is 13.8. The van der Waals surface area contributed by atoms with E-state index in [1.807, 2.05) is 13.0 Å². The van der Waals surface area contributed by atoms with Crippen molar-refractivity contribution in [3.05, 3.63) is 63.9 Å². The number of pyridine rings is 1. The van der Waals surface area contributed by atoms with E-state index in [0.717, 1.165) is 5.56 Å². The van der Waals surface area contributed by atoms with Crippen molar-refractivity contribution in [2.24, 2.45) is 0 Å². The van der Waals surface area contributed by atoms with Gasteiger partial charge in [0.25, 0.3) is 0 Å². The Bertz CT molecular complexity index is 584. The predicted molar refractivity (Wildman–Crippen MR) is 78.1 cm³/mol. The topological polar surface area (TPSA) is 30.0 Å². The molecule has 2 rings (SSSR count). The van der Waals surface area contributed by atoms with Crippen LogP contribution in [0.2, 0.25) is 10.0 Å². The number of nitrogens with zero attached hydrogens (tertiary/aromatic N) is 1. The average molecular weight is 294 g/mol. The normalized spacial score (nSPS) is 12.2. The number of halogens is 2. The van der Waals surface area contributed by atoms with Crippen LogP contribution in [0.1, 0.15) is 35.2 Å². The van der Waals surface area contributed by atoms with Crippen molar-refractivity contribution in [3.8, 4) is 0 Å². The quantitative estimate of drug-likeness (QED) is 0.761. The van der Waals surface area contributed by atoms with Crippen LogP contribution in [0.5, 0.6) is 0 Å². The molecule has 0 amide bonds. The van der Waals surface area contributed by atoms with E-state index in [9.17, 15) is 4.79 Å². The predicted octanol–water partition coefficient (Wildman–Crippen LogP) is 4.76. The summed E-state index contributed by atoms with van der Waals surface area (Å²) in [5, 5.41) is 1.09. The highest BCUT2D eigenvalue weighted by atomic mass is 35.5. The van der Waals surface area contributed by atoms with Gasteiger partial charge in [0.05, 0.1) is 0 Å². The molecular formula is C15H13Cl2NO. The zero-order valence-corrected chi connectivity index (χ0v) is 11.9. The van der Waals surface area contributed by atoms with E-state index in [2.05, 4.69) is 4.98 Å². The molecule has 0 spiro atoms. The molecular weight excluding hydrogens is 281 g/mol. The molecule has 1 heterocycles. The summed E-state index contributed by atoms with van der Waals surface area (Å²) in [4.78, 5) is 16.5. The van der Waals surface area contributed by atoms with Crippen molar-refractivity contribution >= 4 is 29.0 Å². The van der Waals surface area contributed by atoms with Crippen molar-refractivity contribution < 1.29 is 4.79 Å². The number of benzene rings is 1. The second kappa shape index (κ2) is 6.18. The summed E-state index contributed by atoms with van der Waals surface area (Å²) in [6.45, 7) is 1.96. The maximum absolute atomic E-state index is 12.5. The van der Waals surface area contributed by atoms with Crippen LogP contribution < -0.4 is 0 Å². The Morgan fingerprint density at radius 2 is 2.11 bits per heavy atom. The third kappa shape index (κ3) is 3.14. The molecule has 0 aliphatic carbocycles. The van der Waals surface area contributed by atoms with Gasteiger partial charge in [0.1, 0.15) is 0 Å². The van der Waals surface area contributed by atoms with Crippen molar-refractivity contribution in [2.75, 3.05) is 0 Å². The summed E-state index contributed by atoms with van der Waals surface area (Å²) >= 11 is 12.1. The van der Waals surface area contributed by atoms with E-state index in [0.29, 0.717) is 22.0 Å². The van der Waals surface area contributed by atoms with E-state index in [1.54, 1.807) is 36.7 Å². The number of Topliss-reactive ketones (excluding diaryl/α,β-unsaturated/α-hetero) is 1. The van der Waals surface area contributed by atoms with Gasteiger partial charge in [0.15, 0.2) is 5.78 Å². The van der Waals surface area contributed by atoms with Crippen molar-refractivity contribution in [3.63, 3.8) is 0 Å². The molecule has 0 aliphatic rings. The molecule has 0 N–H and O–H groups in total. The van der Waals surface area contributed by atoms with Crippen LogP contribution >= 0.6 is 23.2 Å². The fourth-order valence-corrected chi connectivity index (χ4v) is 2.58. The van der Waals surface area contributed by atoms with Gasteiger partial charge in [0, 0.05) is 33.9 Å². The second-order valence-electron chi connectivity index (χ2n) is 4.23. The minimum atomic E-state index is -0.269. The Balaban J connectivity index is 2.37. The molecule has 2 aromatic rings. The smallest absolute Gasteiger partial charge is 0.171 e. The Kier molecular flexibility index (Phi) is 4.56. The maximum atomic E-state index is 12.5. The molecule has 0 saturated heterocycles. The Morgan fingerprint density at radius 3 is 2.68 bits per heavy atom. The number of rotatable bonds is 4. The van der Waals surface area contributed by atoms with Gasteiger partial charge in [-0.3, -0.25) is 9.78 Å². The number of carbonyl (C=O) groups is 1. The molecule has 1 aromatic heterocycles. The highest BCUT2D eigenvalue weighted by Crippen LogP contribution is 2.31. The number of aromatic nitrogens is 1. The lowest BCUT2D eigenvalue weighted by atomic mass is 9.89. The lowest BCUT2D eigenvalue weighted by Crippen LogP contribution is -2.13. The molecule has 1 atom stereocenters. The van der Waals surface area contributed by atoms with Crippen molar-refractivity contribution in [2.45, 2.75) is 19.3 Å². The number of hydrogen-bond donors (Lipinski definition) is 0. The van der Waals surface area contributed by atoms with Crippen molar-refractivity contribution in [1.29, 1.82) is 0 Å². The molecule has 2 nitrogen and oxygen atoms in total. The SMILES string of the molecule is CCC(C(=O)c1cccnc1)c1ccc(Cl)cc1Cl. The van der Waals surface area contributed by atoms with Crippen LogP contribution in [-0.4, -0.2) is 10.8 Å². The second-order valence-corrected chi connectivity index (χ2v) is 5.08.